The van der Waals surface area contributed by atoms with Crippen LogP contribution in [0.25, 0.3) is 0 Å². The first-order chi connectivity index (χ1) is 12.6. The summed E-state index contributed by atoms with van der Waals surface area (Å²) in [6.07, 6.45) is 4.62. The maximum Gasteiger partial charge on any atom is 0.328 e. The van der Waals surface area contributed by atoms with Gasteiger partial charge in [-0.05, 0) is 25.0 Å². The van der Waals surface area contributed by atoms with Gasteiger partial charge in [0.05, 0.1) is 19.4 Å². The van der Waals surface area contributed by atoms with Crippen LogP contribution in [0.5, 0.6) is 5.75 Å². The number of carbonyl (C=O) groups is 2. The zero-order valence-corrected chi connectivity index (χ0v) is 15.7. The number of benzene rings is 1. The Bertz CT molecular complexity index is 650. The summed E-state index contributed by atoms with van der Waals surface area (Å²) >= 11 is 1.66. The Morgan fingerprint density at radius 2 is 2.00 bits per heavy atom. The fraction of sp³-hybridized carbons (Fsp3) is 0.579. The monoisotopic (exact) mass is 381 g/mol. The second-order valence-electron chi connectivity index (χ2n) is 6.71. The van der Waals surface area contributed by atoms with Gasteiger partial charge in [0.15, 0.2) is 11.6 Å². The summed E-state index contributed by atoms with van der Waals surface area (Å²) in [6, 6.07) is 5.47. The third-order valence-corrected chi connectivity index (χ3v) is 6.29. The van der Waals surface area contributed by atoms with Gasteiger partial charge in [0.25, 0.3) is 0 Å². The standard InChI is InChI=1S/C19H24FNO4S/c1-24-19(23)16-10-13(25-17-9-5-4-8-15(17)20)11-21(16)18(22)12-26-14-6-2-3-7-14/h4-5,8-9,13-14,16H,2-3,6-7,10-12H2,1H3/t13-,16+/m0/s1. The summed E-state index contributed by atoms with van der Waals surface area (Å²) in [7, 11) is 1.31. The summed E-state index contributed by atoms with van der Waals surface area (Å²) in [5.74, 6) is -0.509. The molecule has 0 radical (unpaired) electrons. The van der Waals surface area contributed by atoms with Crippen LogP contribution in [0.2, 0.25) is 0 Å². The second-order valence-corrected chi connectivity index (χ2v) is 8.00. The Kier molecular flexibility index (Phi) is 6.40. The molecular weight excluding hydrogens is 357 g/mol. The zero-order chi connectivity index (χ0) is 18.5. The van der Waals surface area contributed by atoms with Crippen LogP contribution < -0.4 is 4.74 Å². The van der Waals surface area contributed by atoms with Crippen molar-refractivity contribution in [2.75, 3.05) is 19.4 Å². The van der Waals surface area contributed by atoms with E-state index in [9.17, 15) is 14.0 Å². The van der Waals surface area contributed by atoms with Crippen molar-refractivity contribution >= 4 is 23.6 Å². The van der Waals surface area contributed by atoms with Gasteiger partial charge >= 0.3 is 5.97 Å². The molecule has 1 aliphatic carbocycles. The van der Waals surface area contributed by atoms with Crippen LogP contribution in [-0.4, -0.2) is 53.6 Å². The average Bonchev–Trinajstić information content (AvgIpc) is 3.31. The fourth-order valence-electron chi connectivity index (χ4n) is 3.56. The molecule has 1 aliphatic heterocycles. The quantitative estimate of drug-likeness (QED) is 0.709. The van der Waals surface area contributed by atoms with E-state index in [2.05, 4.69) is 0 Å². The minimum atomic E-state index is -0.673. The Labute approximate surface area is 157 Å². The van der Waals surface area contributed by atoms with Crippen molar-refractivity contribution in [3.05, 3.63) is 30.1 Å². The van der Waals surface area contributed by atoms with Gasteiger partial charge in [-0.15, -0.1) is 11.8 Å². The molecular formula is C19H24FNO4S. The predicted octanol–water partition coefficient (Wildman–Crippen LogP) is 3.02. The number of likely N-dealkylation sites (tertiary alicyclic amines) is 1. The lowest BCUT2D eigenvalue weighted by atomic mass is 10.2. The van der Waals surface area contributed by atoms with Crippen molar-refractivity contribution in [3.63, 3.8) is 0 Å². The summed E-state index contributed by atoms with van der Waals surface area (Å²) in [4.78, 5) is 26.3. The Hall–Kier alpha value is -1.76. The third-order valence-electron chi connectivity index (χ3n) is 4.93. The minimum absolute atomic E-state index is 0.0862. The number of esters is 1. The molecule has 0 bridgehead atoms. The van der Waals surface area contributed by atoms with E-state index >= 15 is 0 Å². The van der Waals surface area contributed by atoms with E-state index in [0.29, 0.717) is 17.4 Å². The number of hydrogen-bond donors (Lipinski definition) is 0. The molecule has 1 heterocycles. The van der Waals surface area contributed by atoms with E-state index in [1.54, 1.807) is 30.0 Å². The van der Waals surface area contributed by atoms with Gasteiger partial charge in [-0.1, -0.05) is 25.0 Å². The van der Waals surface area contributed by atoms with E-state index in [0.717, 1.165) is 12.8 Å². The molecule has 1 aromatic carbocycles. The number of methoxy groups -OCH3 is 1. The van der Waals surface area contributed by atoms with Gasteiger partial charge in [-0.2, -0.15) is 0 Å². The van der Waals surface area contributed by atoms with Crippen LogP contribution in [0.15, 0.2) is 24.3 Å². The molecule has 1 amide bonds. The Morgan fingerprint density at radius 1 is 1.27 bits per heavy atom. The maximum atomic E-state index is 13.8. The van der Waals surface area contributed by atoms with Gasteiger partial charge < -0.3 is 14.4 Å². The van der Waals surface area contributed by atoms with Gasteiger partial charge in [0.1, 0.15) is 12.1 Å². The first-order valence-corrected chi connectivity index (χ1v) is 10.0. The summed E-state index contributed by atoms with van der Waals surface area (Å²) in [6.45, 7) is 0.262. The molecule has 1 aromatic rings. The molecule has 2 atom stereocenters. The molecule has 5 nitrogen and oxygen atoms in total. The minimum Gasteiger partial charge on any atom is -0.485 e. The Balaban J connectivity index is 1.63. The van der Waals surface area contributed by atoms with Gasteiger partial charge in [0.2, 0.25) is 5.91 Å². The summed E-state index contributed by atoms with van der Waals surface area (Å²) in [5.41, 5.74) is 0. The van der Waals surface area contributed by atoms with Crippen LogP contribution >= 0.6 is 11.8 Å². The van der Waals surface area contributed by atoms with E-state index in [1.165, 1.54) is 30.9 Å². The molecule has 7 heteroatoms. The summed E-state index contributed by atoms with van der Waals surface area (Å²) in [5, 5.41) is 0.531. The number of rotatable bonds is 6. The topological polar surface area (TPSA) is 55.8 Å². The van der Waals surface area contributed by atoms with Gasteiger partial charge in [0, 0.05) is 11.7 Å². The first-order valence-electron chi connectivity index (χ1n) is 8.98. The normalized spacial score (nSPS) is 23.2. The van der Waals surface area contributed by atoms with E-state index < -0.39 is 23.9 Å². The number of amides is 1. The smallest absolute Gasteiger partial charge is 0.328 e. The van der Waals surface area contributed by atoms with Crippen LogP contribution in [0.1, 0.15) is 32.1 Å². The number of ether oxygens (including phenoxy) is 2. The van der Waals surface area contributed by atoms with E-state index in [4.69, 9.17) is 9.47 Å². The average molecular weight is 381 g/mol. The molecule has 2 aliphatic rings. The van der Waals surface area contributed by atoms with Crippen molar-refractivity contribution in [2.45, 2.75) is 49.5 Å². The molecule has 26 heavy (non-hydrogen) atoms. The SMILES string of the molecule is COC(=O)[C@H]1C[C@H](Oc2ccccc2F)CN1C(=O)CSC1CCCC1. The van der Waals surface area contributed by atoms with E-state index in [1.807, 2.05) is 0 Å². The number of halogens is 1. The lowest BCUT2D eigenvalue weighted by Gasteiger charge is -2.22. The molecule has 2 fully saturated rings. The number of nitrogens with zero attached hydrogens (tertiary/aromatic N) is 1. The zero-order valence-electron chi connectivity index (χ0n) is 14.9. The highest BCUT2D eigenvalue weighted by atomic mass is 32.2. The fourth-order valence-corrected chi connectivity index (χ4v) is 4.78. The second kappa shape index (κ2) is 8.75. The summed E-state index contributed by atoms with van der Waals surface area (Å²) < 4.78 is 24.4. The molecule has 142 valence electrons. The molecule has 0 spiro atoms. The lowest BCUT2D eigenvalue weighted by molar-refractivity contribution is -0.150. The van der Waals surface area contributed by atoms with Crippen molar-refractivity contribution < 1.29 is 23.5 Å². The van der Waals surface area contributed by atoms with Crippen molar-refractivity contribution in [3.8, 4) is 5.75 Å². The largest absolute Gasteiger partial charge is 0.485 e. The lowest BCUT2D eigenvalue weighted by Crippen LogP contribution is -2.42. The van der Waals surface area contributed by atoms with E-state index in [-0.39, 0.29) is 18.2 Å². The number of thioether (sulfide) groups is 1. The van der Waals surface area contributed by atoms with Crippen LogP contribution in [-0.2, 0) is 14.3 Å². The van der Waals surface area contributed by atoms with Gasteiger partial charge in [-0.3, -0.25) is 4.79 Å². The highest BCUT2D eigenvalue weighted by molar-refractivity contribution is 8.00. The molecule has 1 saturated carbocycles. The van der Waals surface area contributed by atoms with Crippen molar-refractivity contribution in [1.82, 2.24) is 4.90 Å². The number of carbonyl (C=O) groups excluding carboxylic acids is 2. The molecule has 0 aromatic heterocycles. The van der Waals surface area contributed by atoms with Crippen LogP contribution in [0.3, 0.4) is 0 Å². The molecule has 0 N–H and O–H groups in total. The number of para-hydroxylation sites is 1. The maximum absolute atomic E-state index is 13.8. The molecule has 0 unspecified atom stereocenters. The van der Waals surface area contributed by atoms with Crippen LogP contribution in [0, 0.1) is 5.82 Å². The third kappa shape index (κ3) is 4.50. The highest BCUT2D eigenvalue weighted by Gasteiger charge is 2.41. The number of hydrogen-bond acceptors (Lipinski definition) is 5. The van der Waals surface area contributed by atoms with Crippen LogP contribution in [0.4, 0.5) is 4.39 Å². The first kappa shape index (κ1) is 19.0. The predicted molar refractivity (Wildman–Crippen MR) is 97.7 cm³/mol. The molecule has 3 rings (SSSR count). The highest BCUT2D eigenvalue weighted by Crippen LogP contribution is 2.31. The van der Waals surface area contributed by atoms with Crippen molar-refractivity contribution in [2.24, 2.45) is 0 Å². The molecule has 1 saturated heterocycles. The Morgan fingerprint density at radius 3 is 2.69 bits per heavy atom. The van der Waals surface area contributed by atoms with Crippen molar-refractivity contribution in [1.29, 1.82) is 0 Å². The van der Waals surface area contributed by atoms with Gasteiger partial charge in [-0.25, -0.2) is 9.18 Å².